The van der Waals surface area contributed by atoms with Gasteiger partial charge in [-0.3, -0.25) is 4.79 Å². The summed E-state index contributed by atoms with van der Waals surface area (Å²) >= 11 is 3.22. The normalized spacial score (nSPS) is 18.5. The first-order valence-corrected chi connectivity index (χ1v) is 10.4. The fourth-order valence-electron chi connectivity index (χ4n) is 2.14. The molecular weight excluding hydrogens is 412 g/mol. The third-order valence-corrected chi connectivity index (χ3v) is 6.15. The second-order valence-corrected chi connectivity index (χ2v) is 8.94. The molecule has 1 unspecified atom stereocenters. The average molecular weight is 431 g/mol. The molecular formula is C16H19BrN2O5S. The minimum absolute atomic E-state index is 0.00960. The average Bonchev–Trinajstić information content (AvgIpc) is 3.44. The summed E-state index contributed by atoms with van der Waals surface area (Å²) in [6.07, 6.45) is 2.55. The van der Waals surface area contributed by atoms with Crippen molar-refractivity contribution in [2.45, 2.75) is 55.7 Å². The summed E-state index contributed by atoms with van der Waals surface area (Å²) in [6.45, 7) is 1.48. The monoisotopic (exact) mass is 430 g/mol. The Kier molecular flexibility index (Phi) is 5.17. The quantitative estimate of drug-likeness (QED) is 0.641. The second kappa shape index (κ2) is 7.05. The molecule has 0 saturated heterocycles. The van der Waals surface area contributed by atoms with Gasteiger partial charge in [0.2, 0.25) is 10.0 Å². The largest absolute Gasteiger partial charge is 0.449 e. The number of esters is 1. The van der Waals surface area contributed by atoms with Gasteiger partial charge in [-0.25, -0.2) is 17.9 Å². The van der Waals surface area contributed by atoms with E-state index in [0.717, 1.165) is 25.7 Å². The zero-order chi connectivity index (χ0) is 18.2. The van der Waals surface area contributed by atoms with Crippen molar-refractivity contribution < 1.29 is 22.7 Å². The van der Waals surface area contributed by atoms with Crippen LogP contribution in [0.2, 0.25) is 0 Å². The zero-order valence-electron chi connectivity index (χ0n) is 13.6. The first-order valence-electron chi connectivity index (χ1n) is 8.09. The summed E-state index contributed by atoms with van der Waals surface area (Å²) in [6, 6.07) is 4.28. The number of halogens is 1. The second-order valence-electron chi connectivity index (χ2n) is 6.37. The van der Waals surface area contributed by atoms with Gasteiger partial charge in [0.1, 0.15) is 0 Å². The number of hydrogen-bond acceptors (Lipinski definition) is 5. The first-order chi connectivity index (χ1) is 11.8. The Bertz CT molecular complexity index is 803. The van der Waals surface area contributed by atoms with E-state index in [1.54, 1.807) is 0 Å². The molecule has 0 radical (unpaired) electrons. The number of benzene rings is 1. The topological polar surface area (TPSA) is 102 Å². The molecule has 2 aliphatic rings. The Hall–Kier alpha value is -1.45. The van der Waals surface area contributed by atoms with Crippen LogP contribution < -0.4 is 10.0 Å². The van der Waals surface area contributed by atoms with Gasteiger partial charge in [-0.05, 0) is 66.7 Å². The highest BCUT2D eigenvalue weighted by atomic mass is 79.9. The van der Waals surface area contributed by atoms with Crippen molar-refractivity contribution in [2.24, 2.45) is 0 Å². The number of sulfonamides is 1. The van der Waals surface area contributed by atoms with Gasteiger partial charge < -0.3 is 10.1 Å². The molecule has 0 spiro atoms. The standard InChI is InChI=1S/C16H19BrN2O5S/c1-9(15(20)18-10-2-3-10)24-16(21)13-8-12(6-7-14(13)17)25(22,23)19-11-4-5-11/h6-11,19H,2-5H2,1H3,(H,18,20). The summed E-state index contributed by atoms with van der Waals surface area (Å²) in [7, 11) is -3.68. The van der Waals surface area contributed by atoms with Crippen molar-refractivity contribution in [1.29, 1.82) is 0 Å². The van der Waals surface area contributed by atoms with Crippen LogP contribution in [-0.2, 0) is 19.6 Å². The van der Waals surface area contributed by atoms with Crippen LogP contribution in [0.4, 0.5) is 0 Å². The van der Waals surface area contributed by atoms with Crippen LogP contribution in [0.25, 0.3) is 0 Å². The predicted octanol–water partition coefficient (Wildman–Crippen LogP) is 1.71. The van der Waals surface area contributed by atoms with Gasteiger partial charge in [0.25, 0.3) is 5.91 Å². The number of nitrogens with one attached hydrogen (secondary N) is 2. The van der Waals surface area contributed by atoms with Gasteiger partial charge in [0, 0.05) is 16.6 Å². The van der Waals surface area contributed by atoms with E-state index >= 15 is 0 Å². The summed E-state index contributed by atoms with van der Waals surface area (Å²) in [5.41, 5.74) is 0.0599. The van der Waals surface area contributed by atoms with Crippen molar-refractivity contribution in [3.8, 4) is 0 Å². The maximum absolute atomic E-state index is 12.3. The van der Waals surface area contributed by atoms with Crippen molar-refractivity contribution in [2.75, 3.05) is 0 Å². The highest BCUT2D eigenvalue weighted by molar-refractivity contribution is 9.10. The molecule has 2 fully saturated rings. The number of rotatable bonds is 7. The van der Waals surface area contributed by atoms with Crippen molar-refractivity contribution in [3.05, 3.63) is 28.2 Å². The third-order valence-electron chi connectivity index (χ3n) is 3.94. The Morgan fingerprint density at radius 2 is 1.84 bits per heavy atom. The van der Waals surface area contributed by atoms with Crippen LogP contribution >= 0.6 is 15.9 Å². The Morgan fingerprint density at radius 3 is 2.44 bits per heavy atom. The summed E-state index contributed by atoms with van der Waals surface area (Å²) < 4.78 is 32.7. The molecule has 0 bridgehead atoms. The molecule has 7 nitrogen and oxygen atoms in total. The zero-order valence-corrected chi connectivity index (χ0v) is 16.0. The molecule has 2 N–H and O–H groups in total. The van der Waals surface area contributed by atoms with E-state index < -0.39 is 22.1 Å². The minimum Gasteiger partial charge on any atom is -0.449 e. The number of carbonyl (C=O) groups excluding carboxylic acids is 2. The fraction of sp³-hybridized carbons (Fsp3) is 0.500. The molecule has 2 aliphatic carbocycles. The van der Waals surface area contributed by atoms with Crippen LogP contribution in [0.5, 0.6) is 0 Å². The molecule has 0 heterocycles. The van der Waals surface area contributed by atoms with Gasteiger partial charge in [-0.2, -0.15) is 0 Å². The lowest BCUT2D eigenvalue weighted by atomic mass is 10.2. The third kappa shape index (κ3) is 4.80. The Labute approximate surface area is 154 Å². The summed E-state index contributed by atoms with van der Waals surface area (Å²) in [5, 5.41) is 2.76. The lowest BCUT2D eigenvalue weighted by Crippen LogP contribution is -2.37. The smallest absolute Gasteiger partial charge is 0.340 e. The molecule has 0 aliphatic heterocycles. The molecule has 2 saturated carbocycles. The number of amides is 1. The van der Waals surface area contributed by atoms with E-state index in [0.29, 0.717) is 4.47 Å². The predicted molar refractivity (Wildman–Crippen MR) is 93.5 cm³/mol. The molecule has 1 aromatic rings. The molecule has 1 amide bonds. The van der Waals surface area contributed by atoms with E-state index in [4.69, 9.17) is 4.74 Å². The van der Waals surface area contributed by atoms with Gasteiger partial charge in [-0.15, -0.1) is 0 Å². The number of carbonyl (C=O) groups is 2. The van der Waals surface area contributed by atoms with E-state index in [-0.39, 0.29) is 28.4 Å². The van der Waals surface area contributed by atoms with Gasteiger partial charge in [-0.1, -0.05) is 0 Å². The Morgan fingerprint density at radius 1 is 1.20 bits per heavy atom. The maximum Gasteiger partial charge on any atom is 0.340 e. The Balaban J connectivity index is 1.72. The van der Waals surface area contributed by atoms with E-state index in [2.05, 4.69) is 26.0 Å². The lowest BCUT2D eigenvalue weighted by molar-refractivity contribution is -0.129. The van der Waals surface area contributed by atoms with Crippen molar-refractivity contribution in [1.82, 2.24) is 10.0 Å². The van der Waals surface area contributed by atoms with Gasteiger partial charge >= 0.3 is 5.97 Å². The van der Waals surface area contributed by atoms with Crippen molar-refractivity contribution in [3.63, 3.8) is 0 Å². The molecule has 1 aromatic carbocycles. The van der Waals surface area contributed by atoms with Crippen LogP contribution in [0.15, 0.2) is 27.6 Å². The molecule has 136 valence electrons. The van der Waals surface area contributed by atoms with Crippen LogP contribution in [0, 0.1) is 0 Å². The molecule has 3 rings (SSSR count). The molecule has 9 heteroatoms. The summed E-state index contributed by atoms with van der Waals surface area (Å²) in [4.78, 5) is 24.2. The molecule has 1 atom stereocenters. The van der Waals surface area contributed by atoms with Crippen molar-refractivity contribution >= 4 is 37.8 Å². The van der Waals surface area contributed by atoms with Gasteiger partial charge in [0.15, 0.2) is 6.10 Å². The number of ether oxygens (including phenoxy) is 1. The van der Waals surface area contributed by atoms with E-state index in [9.17, 15) is 18.0 Å². The molecule has 25 heavy (non-hydrogen) atoms. The number of hydrogen-bond donors (Lipinski definition) is 2. The first kappa shape index (κ1) is 18.3. The highest BCUT2D eigenvalue weighted by Crippen LogP contribution is 2.26. The van der Waals surface area contributed by atoms with Crippen LogP contribution in [-0.4, -0.2) is 38.5 Å². The van der Waals surface area contributed by atoms with E-state index in [1.165, 1.54) is 25.1 Å². The fourth-order valence-corrected chi connectivity index (χ4v) is 3.88. The SMILES string of the molecule is CC(OC(=O)c1cc(S(=O)(=O)NC2CC2)ccc1Br)C(=O)NC1CC1. The minimum atomic E-state index is -3.68. The highest BCUT2D eigenvalue weighted by Gasteiger charge is 2.30. The maximum atomic E-state index is 12.3. The molecule has 0 aromatic heterocycles. The van der Waals surface area contributed by atoms with E-state index in [1.807, 2.05) is 0 Å². The van der Waals surface area contributed by atoms with Crippen LogP contribution in [0.1, 0.15) is 43.0 Å². The van der Waals surface area contributed by atoms with Gasteiger partial charge in [0.05, 0.1) is 10.5 Å². The summed E-state index contributed by atoms with van der Waals surface area (Å²) in [5.74, 6) is -1.11. The lowest BCUT2D eigenvalue weighted by Gasteiger charge is -2.14. The van der Waals surface area contributed by atoms with Crippen LogP contribution in [0.3, 0.4) is 0 Å².